The van der Waals surface area contributed by atoms with Crippen LogP contribution in [0.5, 0.6) is 0 Å². The van der Waals surface area contributed by atoms with Crippen molar-refractivity contribution >= 4 is 56.3 Å². The van der Waals surface area contributed by atoms with Gasteiger partial charge in [0.15, 0.2) is 0 Å². The predicted octanol–water partition coefficient (Wildman–Crippen LogP) is 5.41. The summed E-state index contributed by atoms with van der Waals surface area (Å²) in [6, 6.07) is 18.6. The van der Waals surface area contributed by atoms with Crippen LogP contribution in [0, 0.1) is 6.92 Å². The van der Waals surface area contributed by atoms with E-state index in [0.29, 0.717) is 22.5 Å². The van der Waals surface area contributed by atoms with Gasteiger partial charge in [0, 0.05) is 48.1 Å². The quantitative estimate of drug-likeness (QED) is 0.253. The Morgan fingerprint density at radius 2 is 1.72 bits per heavy atom. The first kappa shape index (κ1) is 25.2. The van der Waals surface area contributed by atoms with Crippen molar-refractivity contribution in [1.29, 1.82) is 0 Å². The lowest BCUT2D eigenvalue weighted by molar-refractivity contribution is -0.132. The Balaban J connectivity index is 1.92. The van der Waals surface area contributed by atoms with Crippen LogP contribution in [0.3, 0.4) is 0 Å². The van der Waals surface area contributed by atoms with Gasteiger partial charge in [-0.3, -0.25) is 19.3 Å². The molecule has 184 valence electrons. The Labute approximate surface area is 218 Å². The lowest BCUT2D eigenvalue weighted by atomic mass is 9.94. The van der Waals surface area contributed by atoms with Crippen molar-refractivity contribution in [3.05, 3.63) is 93.5 Å². The summed E-state index contributed by atoms with van der Waals surface area (Å²) in [6.07, 6.45) is 0. The monoisotopic (exact) mass is 547 g/mol. The lowest BCUT2D eigenvalue weighted by Crippen LogP contribution is -2.29. The smallest absolute Gasteiger partial charge is 0.300 e. The SMILES string of the molecule is CC(=O)Nc1cccc(N2C(=O)C(=O)/C(=C(/O)c3ccc(Br)c(C)c3)C2c2ccc(N(C)C)cc2)c1. The number of carbonyl (C=O) groups excluding carboxylic acids is 3. The van der Waals surface area contributed by atoms with Gasteiger partial charge in [-0.25, -0.2) is 0 Å². The molecule has 0 aliphatic carbocycles. The number of aliphatic hydroxyl groups is 1. The summed E-state index contributed by atoms with van der Waals surface area (Å²) in [7, 11) is 3.84. The molecule has 0 radical (unpaired) electrons. The Morgan fingerprint density at radius 1 is 1.03 bits per heavy atom. The molecule has 1 atom stereocenters. The van der Waals surface area contributed by atoms with Gasteiger partial charge in [-0.2, -0.15) is 0 Å². The van der Waals surface area contributed by atoms with E-state index in [1.165, 1.54) is 11.8 Å². The van der Waals surface area contributed by atoms with Crippen molar-refractivity contribution < 1.29 is 19.5 Å². The van der Waals surface area contributed by atoms with E-state index in [1.54, 1.807) is 42.5 Å². The number of aryl methyl sites for hydroxylation is 1. The summed E-state index contributed by atoms with van der Waals surface area (Å²) in [5.41, 5.74) is 3.86. The summed E-state index contributed by atoms with van der Waals surface area (Å²) in [6.45, 7) is 3.27. The first-order chi connectivity index (χ1) is 17.1. The van der Waals surface area contributed by atoms with Gasteiger partial charge in [0.25, 0.3) is 11.7 Å². The number of rotatable bonds is 5. The molecule has 0 aromatic heterocycles. The summed E-state index contributed by atoms with van der Waals surface area (Å²) >= 11 is 3.45. The highest BCUT2D eigenvalue weighted by atomic mass is 79.9. The fraction of sp³-hybridized carbons (Fsp3) is 0.179. The largest absolute Gasteiger partial charge is 0.507 e. The predicted molar refractivity (Wildman–Crippen MR) is 145 cm³/mol. The fourth-order valence-electron chi connectivity index (χ4n) is 4.25. The number of carbonyl (C=O) groups is 3. The summed E-state index contributed by atoms with van der Waals surface area (Å²) < 4.78 is 0.866. The fourth-order valence-corrected chi connectivity index (χ4v) is 4.50. The van der Waals surface area contributed by atoms with Gasteiger partial charge in [-0.15, -0.1) is 0 Å². The van der Waals surface area contributed by atoms with E-state index < -0.39 is 17.7 Å². The number of aliphatic hydroxyl groups excluding tert-OH is 1. The van der Waals surface area contributed by atoms with Crippen molar-refractivity contribution in [3.8, 4) is 0 Å². The zero-order valence-corrected chi connectivity index (χ0v) is 22.0. The first-order valence-corrected chi connectivity index (χ1v) is 12.1. The number of Topliss-reactive ketones (excluding diaryl/α,β-unsaturated/α-hetero) is 1. The van der Waals surface area contributed by atoms with Crippen molar-refractivity contribution in [2.45, 2.75) is 19.9 Å². The molecule has 8 heteroatoms. The Kier molecular flexibility index (Phi) is 6.99. The van der Waals surface area contributed by atoms with Gasteiger partial charge in [0.2, 0.25) is 5.91 Å². The number of nitrogens with zero attached hydrogens (tertiary/aromatic N) is 2. The topological polar surface area (TPSA) is 90.0 Å². The van der Waals surface area contributed by atoms with E-state index in [1.807, 2.05) is 50.2 Å². The molecule has 0 bridgehead atoms. The average Bonchev–Trinajstić information content (AvgIpc) is 3.10. The average molecular weight is 548 g/mol. The normalized spacial score (nSPS) is 16.8. The first-order valence-electron chi connectivity index (χ1n) is 11.3. The van der Waals surface area contributed by atoms with Crippen LogP contribution < -0.4 is 15.1 Å². The second-order valence-electron chi connectivity index (χ2n) is 8.85. The molecule has 36 heavy (non-hydrogen) atoms. The number of amides is 2. The molecule has 1 saturated heterocycles. The number of nitrogens with one attached hydrogen (secondary N) is 1. The van der Waals surface area contributed by atoms with Crippen LogP contribution in [0.15, 0.2) is 76.8 Å². The van der Waals surface area contributed by atoms with Crippen LogP contribution in [-0.2, 0) is 14.4 Å². The van der Waals surface area contributed by atoms with Crippen LogP contribution in [-0.4, -0.2) is 36.8 Å². The standard InChI is InChI=1S/C28H26BrN3O4/c1-16-14-19(10-13-23(16)29)26(34)24-25(18-8-11-21(12-9-18)31(3)4)32(28(36)27(24)35)22-7-5-6-20(15-22)30-17(2)33/h5-15,25,34H,1-4H3,(H,30,33)/b26-24+. The summed E-state index contributed by atoms with van der Waals surface area (Å²) in [5, 5.41) is 14.0. The van der Waals surface area contributed by atoms with Crippen molar-refractivity contribution in [2.75, 3.05) is 29.2 Å². The van der Waals surface area contributed by atoms with E-state index in [-0.39, 0.29) is 17.2 Å². The van der Waals surface area contributed by atoms with E-state index in [4.69, 9.17) is 0 Å². The maximum Gasteiger partial charge on any atom is 0.300 e. The van der Waals surface area contributed by atoms with E-state index in [2.05, 4.69) is 21.2 Å². The molecule has 1 unspecified atom stereocenters. The molecule has 3 aromatic rings. The van der Waals surface area contributed by atoms with E-state index >= 15 is 0 Å². The molecule has 1 heterocycles. The maximum absolute atomic E-state index is 13.4. The molecule has 2 N–H and O–H groups in total. The molecular formula is C28H26BrN3O4. The van der Waals surface area contributed by atoms with Crippen molar-refractivity contribution in [1.82, 2.24) is 0 Å². The minimum atomic E-state index is -0.863. The summed E-state index contributed by atoms with van der Waals surface area (Å²) in [4.78, 5) is 41.7. The Hall–Kier alpha value is -3.91. The van der Waals surface area contributed by atoms with Crippen LogP contribution in [0.1, 0.15) is 29.7 Å². The number of anilines is 3. The van der Waals surface area contributed by atoms with Gasteiger partial charge < -0.3 is 15.3 Å². The molecule has 0 spiro atoms. The molecule has 4 rings (SSSR count). The number of ketones is 1. The molecule has 3 aromatic carbocycles. The summed E-state index contributed by atoms with van der Waals surface area (Å²) in [5.74, 6) is -2.03. The van der Waals surface area contributed by atoms with Crippen molar-refractivity contribution in [3.63, 3.8) is 0 Å². The number of benzene rings is 3. The second-order valence-corrected chi connectivity index (χ2v) is 9.70. The van der Waals surface area contributed by atoms with E-state index in [0.717, 1.165) is 15.7 Å². The minimum Gasteiger partial charge on any atom is -0.507 e. The highest BCUT2D eigenvalue weighted by Gasteiger charge is 2.47. The van der Waals surface area contributed by atoms with Gasteiger partial charge in [0.1, 0.15) is 5.76 Å². The van der Waals surface area contributed by atoms with Gasteiger partial charge in [0.05, 0.1) is 11.6 Å². The molecule has 1 aliphatic heterocycles. The third-order valence-electron chi connectivity index (χ3n) is 6.05. The third-order valence-corrected chi connectivity index (χ3v) is 6.94. The molecule has 1 aliphatic rings. The third kappa shape index (κ3) is 4.77. The zero-order valence-electron chi connectivity index (χ0n) is 20.4. The molecular weight excluding hydrogens is 522 g/mol. The highest BCUT2D eigenvalue weighted by Crippen LogP contribution is 2.43. The molecule has 7 nitrogen and oxygen atoms in total. The van der Waals surface area contributed by atoms with Crippen LogP contribution in [0.25, 0.3) is 5.76 Å². The van der Waals surface area contributed by atoms with Crippen LogP contribution in [0.4, 0.5) is 17.1 Å². The lowest BCUT2D eigenvalue weighted by Gasteiger charge is -2.26. The van der Waals surface area contributed by atoms with Crippen molar-refractivity contribution in [2.24, 2.45) is 0 Å². The molecule has 2 amide bonds. The Bertz CT molecular complexity index is 1400. The van der Waals surface area contributed by atoms with Gasteiger partial charge in [-0.05, 0) is 60.5 Å². The molecule has 0 saturated carbocycles. The van der Waals surface area contributed by atoms with Crippen LogP contribution >= 0.6 is 15.9 Å². The van der Waals surface area contributed by atoms with Gasteiger partial charge >= 0.3 is 0 Å². The number of halogens is 1. The van der Waals surface area contributed by atoms with Crippen LogP contribution in [0.2, 0.25) is 0 Å². The van der Waals surface area contributed by atoms with E-state index in [9.17, 15) is 19.5 Å². The van der Waals surface area contributed by atoms with Gasteiger partial charge in [-0.1, -0.05) is 40.2 Å². The Morgan fingerprint density at radius 3 is 2.33 bits per heavy atom. The maximum atomic E-state index is 13.4. The number of hydrogen-bond donors (Lipinski definition) is 2. The second kappa shape index (κ2) is 9.99. The number of hydrogen-bond acceptors (Lipinski definition) is 5. The zero-order chi connectivity index (χ0) is 26.1. The molecule has 1 fully saturated rings. The highest BCUT2D eigenvalue weighted by molar-refractivity contribution is 9.10. The minimum absolute atomic E-state index is 0.00394.